The van der Waals surface area contributed by atoms with Crippen molar-refractivity contribution in [2.24, 2.45) is 5.92 Å². The van der Waals surface area contributed by atoms with Gasteiger partial charge < -0.3 is 10.6 Å². The second kappa shape index (κ2) is 8.99. The van der Waals surface area contributed by atoms with Gasteiger partial charge in [-0.05, 0) is 38.2 Å². The number of rotatable bonds is 6. The van der Waals surface area contributed by atoms with Gasteiger partial charge in [0.1, 0.15) is 0 Å². The highest BCUT2D eigenvalue weighted by molar-refractivity contribution is 5.96. The molecule has 1 aromatic rings. The summed E-state index contributed by atoms with van der Waals surface area (Å²) in [7, 11) is 0. The van der Waals surface area contributed by atoms with Crippen molar-refractivity contribution in [3.05, 3.63) is 35.9 Å². The average molecular weight is 372 g/mol. The van der Waals surface area contributed by atoms with Crippen molar-refractivity contribution in [3.63, 3.8) is 0 Å². The number of amides is 4. The van der Waals surface area contributed by atoms with Gasteiger partial charge in [0.05, 0.1) is 6.04 Å². The fourth-order valence-corrected chi connectivity index (χ4v) is 3.30. The summed E-state index contributed by atoms with van der Waals surface area (Å²) >= 11 is 0. The molecule has 1 saturated carbocycles. The van der Waals surface area contributed by atoms with E-state index in [0.717, 1.165) is 44.3 Å². The third kappa shape index (κ3) is 5.79. The smallest absolute Gasteiger partial charge is 0.321 e. The lowest BCUT2D eigenvalue weighted by Crippen LogP contribution is -2.53. The molecule has 146 valence electrons. The Hall–Kier alpha value is -2.41. The molecule has 1 aromatic carbocycles. The molecular weight excluding hydrogens is 344 g/mol. The Balaban J connectivity index is 1.37. The van der Waals surface area contributed by atoms with Crippen LogP contribution in [0.1, 0.15) is 38.2 Å². The SMILES string of the molecule is CC(C(=O)NC(=O)NCc1ccccc1)N1CCC(NC(=O)C2CC2)CC1. The van der Waals surface area contributed by atoms with Crippen molar-refractivity contribution in [2.45, 2.75) is 51.2 Å². The van der Waals surface area contributed by atoms with Gasteiger partial charge in [0.15, 0.2) is 0 Å². The molecule has 0 bridgehead atoms. The average Bonchev–Trinajstić information content (AvgIpc) is 3.52. The molecule has 7 nitrogen and oxygen atoms in total. The second-order valence-corrected chi connectivity index (χ2v) is 7.43. The highest BCUT2D eigenvalue weighted by Crippen LogP contribution is 2.29. The minimum Gasteiger partial charge on any atom is -0.353 e. The first kappa shape index (κ1) is 19.4. The van der Waals surface area contributed by atoms with Gasteiger partial charge in [-0.1, -0.05) is 30.3 Å². The largest absolute Gasteiger partial charge is 0.353 e. The minimum absolute atomic E-state index is 0.175. The molecule has 1 saturated heterocycles. The molecule has 2 aliphatic rings. The van der Waals surface area contributed by atoms with E-state index in [4.69, 9.17) is 0 Å². The van der Waals surface area contributed by atoms with E-state index in [1.165, 1.54) is 0 Å². The fraction of sp³-hybridized carbons (Fsp3) is 0.550. The maximum atomic E-state index is 12.3. The van der Waals surface area contributed by atoms with Crippen LogP contribution in [0.5, 0.6) is 0 Å². The number of urea groups is 1. The first-order valence-electron chi connectivity index (χ1n) is 9.70. The number of piperidine rings is 1. The van der Waals surface area contributed by atoms with E-state index in [9.17, 15) is 14.4 Å². The van der Waals surface area contributed by atoms with Gasteiger partial charge in [0.2, 0.25) is 11.8 Å². The van der Waals surface area contributed by atoms with Crippen LogP contribution in [-0.2, 0) is 16.1 Å². The Morgan fingerprint density at radius 1 is 1.07 bits per heavy atom. The van der Waals surface area contributed by atoms with E-state index in [2.05, 4.69) is 20.9 Å². The van der Waals surface area contributed by atoms with Crippen LogP contribution in [-0.4, -0.2) is 47.9 Å². The van der Waals surface area contributed by atoms with Crippen LogP contribution in [0.15, 0.2) is 30.3 Å². The molecule has 7 heteroatoms. The van der Waals surface area contributed by atoms with Crippen molar-refractivity contribution in [2.75, 3.05) is 13.1 Å². The third-order valence-electron chi connectivity index (χ3n) is 5.28. The van der Waals surface area contributed by atoms with E-state index in [-0.39, 0.29) is 29.8 Å². The number of nitrogens with one attached hydrogen (secondary N) is 3. The molecule has 0 radical (unpaired) electrons. The number of imide groups is 1. The van der Waals surface area contributed by atoms with Crippen molar-refractivity contribution < 1.29 is 14.4 Å². The molecule has 1 aliphatic heterocycles. The quantitative estimate of drug-likeness (QED) is 0.704. The van der Waals surface area contributed by atoms with Gasteiger partial charge >= 0.3 is 6.03 Å². The highest BCUT2D eigenvalue weighted by Gasteiger charge is 2.33. The van der Waals surface area contributed by atoms with Gasteiger partial charge in [-0.25, -0.2) is 4.79 Å². The van der Waals surface area contributed by atoms with E-state index < -0.39 is 6.03 Å². The van der Waals surface area contributed by atoms with E-state index in [1.54, 1.807) is 0 Å². The Morgan fingerprint density at radius 3 is 2.37 bits per heavy atom. The predicted molar refractivity (Wildman–Crippen MR) is 102 cm³/mol. The minimum atomic E-state index is -0.484. The molecule has 1 aliphatic carbocycles. The highest BCUT2D eigenvalue weighted by atomic mass is 16.2. The first-order chi connectivity index (χ1) is 13.0. The summed E-state index contributed by atoms with van der Waals surface area (Å²) in [6.07, 6.45) is 3.68. The Morgan fingerprint density at radius 2 is 1.74 bits per heavy atom. The molecule has 1 atom stereocenters. The maximum absolute atomic E-state index is 12.3. The monoisotopic (exact) mass is 372 g/mol. The lowest BCUT2D eigenvalue weighted by molar-refractivity contribution is -0.126. The number of carbonyl (C=O) groups is 3. The zero-order chi connectivity index (χ0) is 19.2. The summed E-state index contributed by atoms with van der Waals surface area (Å²) in [6.45, 7) is 3.65. The lowest BCUT2D eigenvalue weighted by atomic mass is 10.0. The van der Waals surface area contributed by atoms with Crippen LogP contribution in [0.25, 0.3) is 0 Å². The van der Waals surface area contributed by atoms with Crippen molar-refractivity contribution >= 4 is 17.8 Å². The number of hydrogen-bond acceptors (Lipinski definition) is 4. The Bertz CT molecular complexity index is 667. The second-order valence-electron chi connectivity index (χ2n) is 7.43. The van der Waals surface area contributed by atoms with E-state index in [1.807, 2.05) is 37.3 Å². The summed E-state index contributed by atoms with van der Waals surface area (Å²) in [5.74, 6) is 0.0949. The van der Waals surface area contributed by atoms with E-state index >= 15 is 0 Å². The molecular formula is C20H28N4O3. The summed E-state index contributed by atoms with van der Waals surface area (Å²) in [6, 6.07) is 8.87. The van der Waals surface area contributed by atoms with Crippen LogP contribution in [0.3, 0.4) is 0 Å². The van der Waals surface area contributed by atoms with Crippen LogP contribution in [0, 0.1) is 5.92 Å². The first-order valence-corrected chi connectivity index (χ1v) is 9.70. The van der Waals surface area contributed by atoms with Gasteiger partial charge in [-0.2, -0.15) is 0 Å². The summed E-state index contributed by atoms with van der Waals surface area (Å²) in [5, 5.41) is 8.21. The Labute approximate surface area is 159 Å². The predicted octanol–water partition coefficient (Wildman–Crippen LogP) is 1.39. The number of nitrogens with zero attached hydrogens (tertiary/aromatic N) is 1. The van der Waals surface area contributed by atoms with E-state index in [0.29, 0.717) is 6.54 Å². The molecule has 1 heterocycles. The van der Waals surface area contributed by atoms with Gasteiger partial charge in [0, 0.05) is 31.6 Å². The van der Waals surface area contributed by atoms with Crippen LogP contribution in [0.2, 0.25) is 0 Å². The molecule has 0 spiro atoms. The summed E-state index contributed by atoms with van der Waals surface area (Å²) < 4.78 is 0. The maximum Gasteiger partial charge on any atom is 0.321 e. The molecule has 1 unspecified atom stereocenters. The van der Waals surface area contributed by atoms with Gasteiger partial charge in [-0.3, -0.25) is 19.8 Å². The van der Waals surface area contributed by atoms with Crippen LogP contribution in [0.4, 0.5) is 4.79 Å². The van der Waals surface area contributed by atoms with Gasteiger partial charge in [0.25, 0.3) is 0 Å². The zero-order valence-electron chi connectivity index (χ0n) is 15.7. The van der Waals surface area contributed by atoms with Crippen molar-refractivity contribution in [1.82, 2.24) is 20.9 Å². The number of carbonyl (C=O) groups excluding carboxylic acids is 3. The molecule has 2 fully saturated rings. The third-order valence-corrected chi connectivity index (χ3v) is 5.28. The van der Waals surface area contributed by atoms with Gasteiger partial charge in [-0.15, -0.1) is 0 Å². The summed E-state index contributed by atoms with van der Waals surface area (Å²) in [5.41, 5.74) is 0.975. The lowest BCUT2D eigenvalue weighted by Gasteiger charge is -2.35. The van der Waals surface area contributed by atoms with Crippen LogP contribution >= 0.6 is 0 Å². The van der Waals surface area contributed by atoms with Crippen molar-refractivity contribution in [3.8, 4) is 0 Å². The topological polar surface area (TPSA) is 90.5 Å². The normalized spacial score (nSPS) is 19.1. The molecule has 0 aromatic heterocycles. The molecule has 27 heavy (non-hydrogen) atoms. The number of hydrogen-bond donors (Lipinski definition) is 3. The number of benzene rings is 1. The number of likely N-dealkylation sites (tertiary alicyclic amines) is 1. The molecule has 3 N–H and O–H groups in total. The zero-order valence-corrected chi connectivity index (χ0v) is 15.7. The molecule has 4 amide bonds. The Kier molecular flexibility index (Phi) is 6.45. The van der Waals surface area contributed by atoms with Crippen LogP contribution < -0.4 is 16.0 Å². The molecule has 3 rings (SSSR count). The van der Waals surface area contributed by atoms with Crippen molar-refractivity contribution in [1.29, 1.82) is 0 Å². The fourth-order valence-electron chi connectivity index (χ4n) is 3.30. The summed E-state index contributed by atoms with van der Waals surface area (Å²) in [4.78, 5) is 38.2. The standard InChI is InChI=1S/C20H28N4O3/c1-14(18(25)23-20(27)21-13-15-5-3-2-4-6-15)24-11-9-17(10-12-24)22-19(26)16-7-8-16/h2-6,14,16-17H,7-13H2,1H3,(H,22,26)(H2,21,23,25,27).